The summed E-state index contributed by atoms with van der Waals surface area (Å²) in [6, 6.07) is 12.0. The van der Waals surface area contributed by atoms with Gasteiger partial charge in [0.25, 0.3) is 0 Å². The van der Waals surface area contributed by atoms with Crippen molar-refractivity contribution in [1.82, 2.24) is 9.97 Å². The number of pyridine rings is 1. The molecular weight excluding hydrogens is 282 g/mol. The van der Waals surface area contributed by atoms with Crippen LogP contribution in [-0.2, 0) is 6.42 Å². The smallest absolute Gasteiger partial charge is 0.186 e. The van der Waals surface area contributed by atoms with Crippen molar-refractivity contribution >= 4 is 26.7 Å². The predicted octanol–water partition coefficient (Wildman–Crippen LogP) is 3.38. The van der Waals surface area contributed by atoms with E-state index in [0.29, 0.717) is 0 Å². The predicted molar refractivity (Wildman–Crippen MR) is 87.4 cm³/mol. The second-order valence-corrected chi connectivity index (χ2v) is 5.81. The van der Waals surface area contributed by atoms with Gasteiger partial charge in [0, 0.05) is 31.9 Å². The molecule has 0 amide bonds. The van der Waals surface area contributed by atoms with Crippen LogP contribution in [0.2, 0.25) is 0 Å². The molecule has 0 saturated carbocycles. The van der Waals surface area contributed by atoms with Crippen molar-refractivity contribution in [3.63, 3.8) is 0 Å². The second-order valence-electron chi connectivity index (χ2n) is 4.80. The minimum atomic E-state index is 0.827. The number of benzene rings is 1. The first-order valence-electron chi connectivity index (χ1n) is 6.82. The topological polar surface area (TPSA) is 38.2 Å². The number of hydrogen-bond donors (Lipinski definition) is 0. The minimum absolute atomic E-state index is 0.827. The van der Waals surface area contributed by atoms with Gasteiger partial charge >= 0.3 is 0 Å². The third kappa shape index (κ3) is 2.97. The van der Waals surface area contributed by atoms with Crippen LogP contribution in [0.1, 0.15) is 5.69 Å². The van der Waals surface area contributed by atoms with Gasteiger partial charge in [-0.3, -0.25) is 4.98 Å². The third-order valence-electron chi connectivity index (χ3n) is 3.35. The van der Waals surface area contributed by atoms with Crippen LogP contribution in [0.3, 0.4) is 0 Å². The number of ether oxygens (including phenoxy) is 1. The first kappa shape index (κ1) is 13.8. The van der Waals surface area contributed by atoms with Gasteiger partial charge in [0.2, 0.25) is 0 Å². The van der Waals surface area contributed by atoms with Crippen LogP contribution in [0, 0.1) is 0 Å². The highest BCUT2D eigenvalue weighted by molar-refractivity contribution is 7.22. The largest absolute Gasteiger partial charge is 0.494 e. The van der Waals surface area contributed by atoms with E-state index >= 15 is 0 Å². The number of anilines is 1. The van der Waals surface area contributed by atoms with E-state index in [-0.39, 0.29) is 0 Å². The van der Waals surface area contributed by atoms with Crippen LogP contribution in [0.5, 0.6) is 5.75 Å². The van der Waals surface area contributed by atoms with Gasteiger partial charge in [0.05, 0.1) is 11.8 Å². The molecule has 0 spiro atoms. The molecular formula is C16H17N3OS. The fourth-order valence-corrected chi connectivity index (χ4v) is 3.13. The molecule has 0 bridgehead atoms. The molecule has 108 valence electrons. The van der Waals surface area contributed by atoms with E-state index in [1.165, 1.54) is 0 Å². The molecule has 0 aliphatic rings. The van der Waals surface area contributed by atoms with E-state index in [9.17, 15) is 0 Å². The molecule has 0 aliphatic heterocycles. The van der Waals surface area contributed by atoms with Gasteiger partial charge in [0.1, 0.15) is 11.3 Å². The SMILES string of the molecule is COc1cccc2sc(N(C)CCc3ccccn3)nc12. The van der Waals surface area contributed by atoms with Crippen LogP contribution >= 0.6 is 11.3 Å². The normalized spacial score (nSPS) is 10.8. The van der Waals surface area contributed by atoms with Crippen LogP contribution in [0.4, 0.5) is 5.13 Å². The Hall–Kier alpha value is -2.14. The lowest BCUT2D eigenvalue weighted by Crippen LogP contribution is -2.20. The molecule has 3 rings (SSSR count). The molecule has 0 N–H and O–H groups in total. The van der Waals surface area contributed by atoms with E-state index in [0.717, 1.165) is 39.8 Å². The Labute approximate surface area is 128 Å². The van der Waals surface area contributed by atoms with E-state index in [4.69, 9.17) is 9.72 Å². The Morgan fingerprint density at radius 2 is 2.10 bits per heavy atom. The van der Waals surface area contributed by atoms with Crippen LogP contribution in [0.25, 0.3) is 10.2 Å². The Morgan fingerprint density at radius 3 is 2.86 bits per heavy atom. The van der Waals surface area contributed by atoms with E-state index in [1.807, 2.05) is 30.5 Å². The molecule has 4 nitrogen and oxygen atoms in total. The lowest BCUT2D eigenvalue weighted by atomic mass is 10.2. The van der Waals surface area contributed by atoms with Crippen molar-refractivity contribution in [2.75, 3.05) is 25.6 Å². The molecule has 5 heteroatoms. The summed E-state index contributed by atoms with van der Waals surface area (Å²) in [5.74, 6) is 0.827. The molecule has 0 fully saturated rings. The van der Waals surface area contributed by atoms with Gasteiger partial charge in [-0.1, -0.05) is 23.5 Å². The number of methoxy groups -OCH3 is 1. The number of hydrogen-bond acceptors (Lipinski definition) is 5. The highest BCUT2D eigenvalue weighted by atomic mass is 32.1. The van der Waals surface area contributed by atoms with E-state index in [2.05, 4.69) is 29.1 Å². The van der Waals surface area contributed by atoms with Crippen molar-refractivity contribution in [2.24, 2.45) is 0 Å². The van der Waals surface area contributed by atoms with Crippen molar-refractivity contribution in [3.8, 4) is 5.75 Å². The van der Waals surface area contributed by atoms with Gasteiger partial charge < -0.3 is 9.64 Å². The van der Waals surface area contributed by atoms with Crippen molar-refractivity contribution < 1.29 is 4.74 Å². The minimum Gasteiger partial charge on any atom is -0.494 e. The zero-order valence-corrected chi connectivity index (χ0v) is 12.9. The van der Waals surface area contributed by atoms with Gasteiger partial charge in [-0.05, 0) is 24.3 Å². The Kier molecular flexibility index (Phi) is 4.01. The monoisotopic (exact) mass is 299 g/mol. The molecule has 2 heterocycles. The molecule has 2 aromatic heterocycles. The lowest BCUT2D eigenvalue weighted by molar-refractivity contribution is 0.419. The van der Waals surface area contributed by atoms with Crippen molar-refractivity contribution in [3.05, 3.63) is 48.3 Å². The number of nitrogens with zero attached hydrogens (tertiary/aromatic N) is 3. The summed E-state index contributed by atoms with van der Waals surface area (Å²) in [7, 11) is 3.74. The number of fused-ring (bicyclic) bond motifs is 1. The molecule has 0 radical (unpaired) electrons. The highest BCUT2D eigenvalue weighted by Gasteiger charge is 2.11. The number of aromatic nitrogens is 2. The number of likely N-dealkylation sites (N-methyl/N-ethyl adjacent to an activating group) is 1. The number of rotatable bonds is 5. The standard InChI is InChI=1S/C16H17N3OS/c1-19(11-9-12-6-3-4-10-17-12)16-18-15-13(20-2)7-5-8-14(15)21-16/h3-8,10H,9,11H2,1-2H3. The van der Waals surface area contributed by atoms with E-state index < -0.39 is 0 Å². The molecule has 0 atom stereocenters. The van der Waals surface area contributed by atoms with Gasteiger partial charge in [-0.15, -0.1) is 0 Å². The Balaban J connectivity index is 1.77. The maximum absolute atomic E-state index is 5.37. The first-order valence-corrected chi connectivity index (χ1v) is 7.64. The first-order chi connectivity index (χ1) is 10.3. The molecule has 0 aliphatic carbocycles. The summed E-state index contributed by atoms with van der Waals surface area (Å²) in [5.41, 5.74) is 2.03. The summed E-state index contributed by atoms with van der Waals surface area (Å²) >= 11 is 1.68. The van der Waals surface area contributed by atoms with Gasteiger partial charge in [0.15, 0.2) is 5.13 Å². The lowest BCUT2D eigenvalue weighted by Gasteiger charge is -2.14. The van der Waals surface area contributed by atoms with Crippen LogP contribution in [-0.4, -0.2) is 30.7 Å². The molecule has 21 heavy (non-hydrogen) atoms. The fraction of sp³-hybridized carbons (Fsp3) is 0.250. The molecule has 0 unspecified atom stereocenters. The maximum atomic E-state index is 5.37. The summed E-state index contributed by atoms with van der Waals surface area (Å²) < 4.78 is 6.51. The molecule has 3 aromatic rings. The maximum Gasteiger partial charge on any atom is 0.186 e. The quantitative estimate of drug-likeness (QED) is 0.724. The molecule has 0 saturated heterocycles. The summed E-state index contributed by atoms with van der Waals surface area (Å²) in [4.78, 5) is 11.2. The van der Waals surface area contributed by atoms with Crippen molar-refractivity contribution in [1.29, 1.82) is 0 Å². The average molecular weight is 299 g/mol. The third-order valence-corrected chi connectivity index (χ3v) is 4.48. The second kappa shape index (κ2) is 6.10. The zero-order chi connectivity index (χ0) is 14.7. The van der Waals surface area contributed by atoms with Gasteiger partial charge in [-0.2, -0.15) is 0 Å². The average Bonchev–Trinajstić information content (AvgIpc) is 2.97. The highest BCUT2D eigenvalue weighted by Crippen LogP contribution is 2.33. The summed E-state index contributed by atoms with van der Waals surface area (Å²) in [6.07, 6.45) is 2.74. The number of para-hydroxylation sites is 1. The van der Waals surface area contributed by atoms with Crippen LogP contribution < -0.4 is 9.64 Å². The Bertz CT molecular complexity index is 727. The van der Waals surface area contributed by atoms with Gasteiger partial charge in [-0.25, -0.2) is 4.98 Å². The summed E-state index contributed by atoms with van der Waals surface area (Å²) in [6.45, 7) is 0.888. The van der Waals surface area contributed by atoms with Crippen LogP contribution in [0.15, 0.2) is 42.6 Å². The van der Waals surface area contributed by atoms with E-state index in [1.54, 1.807) is 18.4 Å². The Morgan fingerprint density at radius 1 is 1.19 bits per heavy atom. The van der Waals surface area contributed by atoms with Crippen molar-refractivity contribution in [2.45, 2.75) is 6.42 Å². The fourth-order valence-electron chi connectivity index (χ4n) is 2.16. The summed E-state index contributed by atoms with van der Waals surface area (Å²) in [5, 5.41) is 1.01. The zero-order valence-electron chi connectivity index (χ0n) is 12.1. The number of thiazole rings is 1. The molecule has 1 aromatic carbocycles.